The molecule has 0 aromatic carbocycles. The molecule has 1 amide bonds. The third kappa shape index (κ3) is 6.94. The van der Waals surface area contributed by atoms with Crippen molar-refractivity contribution in [3.8, 4) is 0 Å². The molecule has 5 heteroatoms. The van der Waals surface area contributed by atoms with E-state index >= 15 is 0 Å². The maximum atomic E-state index is 11.4. The highest BCUT2D eigenvalue weighted by Crippen LogP contribution is 2.19. The molecule has 0 aliphatic heterocycles. The van der Waals surface area contributed by atoms with Crippen LogP contribution in [0, 0.1) is 5.41 Å². The Morgan fingerprint density at radius 2 is 1.94 bits per heavy atom. The SMILES string of the molecule is CCC(C)NCC(=O)NCCC(C)(C)C(=O)O. The van der Waals surface area contributed by atoms with Crippen molar-refractivity contribution in [2.45, 2.75) is 46.6 Å². The summed E-state index contributed by atoms with van der Waals surface area (Å²) in [6.07, 6.45) is 1.40. The highest BCUT2D eigenvalue weighted by molar-refractivity contribution is 5.78. The molecule has 0 fully saturated rings. The zero-order chi connectivity index (χ0) is 13.5. The highest BCUT2D eigenvalue weighted by atomic mass is 16.4. The highest BCUT2D eigenvalue weighted by Gasteiger charge is 2.26. The summed E-state index contributed by atoms with van der Waals surface area (Å²) >= 11 is 0. The van der Waals surface area contributed by atoms with Gasteiger partial charge in [0, 0.05) is 12.6 Å². The van der Waals surface area contributed by atoms with Crippen molar-refractivity contribution in [1.82, 2.24) is 10.6 Å². The number of rotatable bonds is 8. The fraction of sp³-hybridized carbons (Fsp3) is 0.833. The molecule has 0 rings (SSSR count). The average Bonchev–Trinajstić information content (AvgIpc) is 2.25. The normalized spacial score (nSPS) is 13.2. The van der Waals surface area contributed by atoms with Crippen LogP contribution in [0.4, 0.5) is 0 Å². The van der Waals surface area contributed by atoms with E-state index in [1.54, 1.807) is 13.8 Å². The Bertz CT molecular complexity index is 264. The lowest BCUT2D eigenvalue weighted by atomic mass is 9.90. The van der Waals surface area contributed by atoms with Gasteiger partial charge in [0.15, 0.2) is 0 Å². The zero-order valence-corrected chi connectivity index (χ0v) is 11.2. The number of hydrogen-bond donors (Lipinski definition) is 3. The second-order valence-corrected chi connectivity index (χ2v) is 4.98. The molecular weight excluding hydrogens is 220 g/mol. The monoisotopic (exact) mass is 244 g/mol. The van der Waals surface area contributed by atoms with Crippen LogP contribution in [0.3, 0.4) is 0 Å². The molecule has 0 radical (unpaired) electrons. The van der Waals surface area contributed by atoms with E-state index in [4.69, 9.17) is 5.11 Å². The third-order valence-corrected chi connectivity index (χ3v) is 2.87. The largest absolute Gasteiger partial charge is 0.481 e. The summed E-state index contributed by atoms with van der Waals surface area (Å²) in [5.74, 6) is -0.934. The molecule has 0 saturated carbocycles. The smallest absolute Gasteiger partial charge is 0.309 e. The number of carbonyl (C=O) groups is 2. The topological polar surface area (TPSA) is 78.4 Å². The average molecular weight is 244 g/mol. The molecule has 1 atom stereocenters. The fourth-order valence-corrected chi connectivity index (χ4v) is 1.10. The molecule has 0 spiro atoms. The van der Waals surface area contributed by atoms with Crippen LogP contribution in [0.1, 0.15) is 40.5 Å². The van der Waals surface area contributed by atoms with Gasteiger partial charge in [0.1, 0.15) is 0 Å². The molecule has 0 aliphatic rings. The summed E-state index contributed by atoms with van der Waals surface area (Å²) in [7, 11) is 0. The van der Waals surface area contributed by atoms with Crippen molar-refractivity contribution in [3.05, 3.63) is 0 Å². The number of carboxylic acid groups (broad SMARTS) is 1. The molecule has 100 valence electrons. The van der Waals surface area contributed by atoms with E-state index in [1.807, 2.05) is 13.8 Å². The van der Waals surface area contributed by atoms with Gasteiger partial charge < -0.3 is 15.7 Å². The van der Waals surface area contributed by atoms with Gasteiger partial charge in [-0.1, -0.05) is 6.92 Å². The van der Waals surface area contributed by atoms with Crippen molar-refractivity contribution in [3.63, 3.8) is 0 Å². The molecule has 0 bridgehead atoms. The molecule has 3 N–H and O–H groups in total. The van der Waals surface area contributed by atoms with E-state index < -0.39 is 11.4 Å². The van der Waals surface area contributed by atoms with Crippen LogP contribution in [0.2, 0.25) is 0 Å². The Morgan fingerprint density at radius 3 is 2.41 bits per heavy atom. The van der Waals surface area contributed by atoms with E-state index in [1.165, 1.54) is 0 Å². The van der Waals surface area contributed by atoms with E-state index in [0.717, 1.165) is 6.42 Å². The Hall–Kier alpha value is -1.10. The van der Waals surface area contributed by atoms with Crippen molar-refractivity contribution < 1.29 is 14.7 Å². The van der Waals surface area contributed by atoms with Gasteiger partial charge in [-0.15, -0.1) is 0 Å². The van der Waals surface area contributed by atoms with Crippen molar-refractivity contribution in [1.29, 1.82) is 0 Å². The third-order valence-electron chi connectivity index (χ3n) is 2.87. The first-order chi connectivity index (χ1) is 7.79. The Morgan fingerprint density at radius 1 is 1.35 bits per heavy atom. The first kappa shape index (κ1) is 15.9. The Kier molecular flexibility index (Phi) is 6.80. The van der Waals surface area contributed by atoms with E-state index in [2.05, 4.69) is 10.6 Å². The van der Waals surface area contributed by atoms with E-state index in [0.29, 0.717) is 19.0 Å². The number of hydrogen-bond acceptors (Lipinski definition) is 3. The second-order valence-electron chi connectivity index (χ2n) is 4.98. The van der Waals surface area contributed by atoms with Crippen molar-refractivity contribution in [2.75, 3.05) is 13.1 Å². The van der Waals surface area contributed by atoms with Crippen LogP contribution < -0.4 is 10.6 Å². The van der Waals surface area contributed by atoms with Gasteiger partial charge in [0.05, 0.1) is 12.0 Å². The first-order valence-corrected chi connectivity index (χ1v) is 6.03. The van der Waals surface area contributed by atoms with Crippen LogP contribution in [0.15, 0.2) is 0 Å². The lowest BCUT2D eigenvalue weighted by Gasteiger charge is -2.19. The van der Waals surface area contributed by atoms with Crippen LogP contribution in [-0.2, 0) is 9.59 Å². The Labute approximate surface area is 103 Å². The van der Waals surface area contributed by atoms with Crippen LogP contribution in [0.25, 0.3) is 0 Å². The predicted octanol–water partition coefficient (Wildman–Crippen LogP) is 0.992. The van der Waals surface area contributed by atoms with E-state index in [-0.39, 0.29) is 12.5 Å². The summed E-state index contributed by atoms with van der Waals surface area (Å²) in [4.78, 5) is 22.2. The summed E-state index contributed by atoms with van der Waals surface area (Å²) in [6, 6.07) is 0.316. The van der Waals surface area contributed by atoms with Gasteiger partial charge in [0.2, 0.25) is 5.91 Å². The summed E-state index contributed by atoms with van der Waals surface area (Å²) in [5, 5.41) is 14.7. The minimum atomic E-state index is -0.843. The predicted molar refractivity (Wildman–Crippen MR) is 66.8 cm³/mol. The number of nitrogens with one attached hydrogen (secondary N) is 2. The fourth-order valence-electron chi connectivity index (χ4n) is 1.10. The second kappa shape index (κ2) is 7.27. The standard InChI is InChI=1S/C12H24N2O3/c1-5-9(2)14-8-10(15)13-7-6-12(3,4)11(16)17/h9,14H,5-8H2,1-4H3,(H,13,15)(H,16,17). The van der Waals surface area contributed by atoms with Gasteiger partial charge in [-0.25, -0.2) is 0 Å². The quantitative estimate of drug-likeness (QED) is 0.595. The molecule has 0 heterocycles. The molecule has 0 aliphatic carbocycles. The maximum Gasteiger partial charge on any atom is 0.309 e. The first-order valence-electron chi connectivity index (χ1n) is 6.03. The van der Waals surface area contributed by atoms with Gasteiger partial charge in [0.25, 0.3) is 0 Å². The molecule has 1 unspecified atom stereocenters. The lowest BCUT2D eigenvalue weighted by Crippen LogP contribution is -2.39. The van der Waals surface area contributed by atoms with Gasteiger partial charge in [-0.2, -0.15) is 0 Å². The van der Waals surface area contributed by atoms with Crippen molar-refractivity contribution >= 4 is 11.9 Å². The summed E-state index contributed by atoms with van der Waals surface area (Å²) in [6.45, 7) is 8.03. The molecule has 0 saturated heterocycles. The maximum absolute atomic E-state index is 11.4. The number of carboxylic acids is 1. The molecule has 0 aromatic rings. The zero-order valence-electron chi connectivity index (χ0n) is 11.2. The number of carbonyl (C=O) groups excluding carboxylic acids is 1. The molecule has 17 heavy (non-hydrogen) atoms. The number of aliphatic carboxylic acids is 1. The molecule has 5 nitrogen and oxygen atoms in total. The van der Waals surface area contributed by atoms with Gasteiger partial charge in [-0.05, 0) is 33.6 Å². The minimum Gasteiger partial charge on any atom is -0.481 e. The van der Waals surface area contributed by atoms with Crippen LogP contribution in [0.5, 0.6) is 0 Å². The van der Waals surface area contributed by atoms with Crippen molar-refractivity contribution in [2.24, 2.45) is 5.41 Å². The Balaban J connectivity index is 3.75. The van der Waals surface area contributed by atoms with Gasteiger partial charge >= 0.3 is 5.97 Å². The lowest BCUT2D eigenvalue weighted by molar-refractivity contribution is -0.147. The molecular formula is C12H24N2O3. The number of amides is 1. The summed E-state index contributed by atoms with van der Waals surface area (Å²) in [5.41, 5.74) is -0.794. The van der Waals surface area contributed by atoms with Crippen LogP contribution in [-0.4, -0.2) is 36.1 Å². The molecule has 0 aromatic heterocycles. The van der Waals surface area contributed by atoms with Crippen LogP contribution >= 0.6 is 0 Å². The van der Waals surface area contributed by atoms with Gasteiger partial charge in [-0.3, -0.25) is 9.59 Å². The van der Waals surface area contributed by atoms with E-state index in [9.17, 15) is 9.59 Å². The minimum absolute atomic E-state index is 0.0912. The summed E-state index contributed by atoms with van der Waals surface area (Å²) < 4.78 is 0.